The standard InChI is InChI=1S/C15H21NO3/c1-15(2,3)19-14(18)7-6-11-10-16-8-4-5-12(16)9-13(11)17/h6-7,10,12H,4-5,8-9H2,1-3H3/b7-6+. The summed E-state index contributed by atoms with van der Waals surface area (Å²) in [7, 11) is 0. The molecular formula is C15H21NO3. The van der Waals surface area contributed by atoms with E-state index in [1.165, 1.54) is 6.08 Å². The Balaban J connectivity index is 2.02. The van der Waals surface area contributed by atoms with Crippen molar-refractivity contribution >= 4 is 11.8 Å². The molecule has 0 radical (unpaired) electrons. The number of Topliss-reactive ketones (excluding diaryl/α,β-unsaturated/α-hetero) is 1. The van der Waals surface area contributed by atoms with Gasteiger partial charge in [0.1, 0.15) is 5.60 Å². The fraction of sp³-hybridized carbons (Fsp3) is 0.600. The van der Waals surface area contributed by atoms with E-state index in [0.717, 1.165) is 19.4 Å². The van der Waals surface area contributed by atoms with Crippen LogP contribution in [0.4, 0.5) is 0 Å². The third-order valence-electron chi connectivity index (χ3n) is 3.28. The van der Waals surface area contributed by atoms with Gasteiger partial charge in [0.15, 0.2) is 5.78 Å². The van der Waals surface area contributed by atoms with Crippen LogP contribution in [0.25, 0.3) is 0 Å². The van der Waals surface area contributed by atoms with Crippen molar-refractivity contribution in [3.8, 4) is 0 Å². The molecule has 0 amide bonds. The summed E-state index contributed by atoms with van der Waals surface area (Å²) in [5, 5.41) is 0. The third-order valence-corrected chi connectivity index (χ3v) is 3.28. The largest absolute Gasteiger partial charge is 0.457 e. The minimum atomic E-state index is -0.508. The fourth-order valence-corrected chi connectivity index (χ4v) is 2.46. The lowest BCUT2D eigenvalue weighted by Gasteiger charge is -2.27. The number of carbonyl (C=O) groups is 2. The summed E-state index contributed by atoms with van der Waals surface area (Å²) in [6.45, 7) is 6.46. The van der Waals surface area contributed by atoms with Crippen molar-refractivity contribution < 1.29 is 14.3 Å². The van der Waals surface area contributed by atoms with Crippen molar-refractivity contribution in [1.29, 1.82) is 0 Å². The number of rotatable bonds is 2. The molecule has 0 bridgehead atoms. The minimum Gasteiger partial charge on any atom is -0.457 e. The van der Waals surface area contributed by atoms with E-state index in [1.807, 2.05) is 27.0 Å². The summed E-state index contributed by atoms with van der Waals surface area (Å²) in [5.74, 6) is -0.298. The summed E-state index contributed by atoms with van der Waals surface area (Å²) < 4.78 is 5.17. The number of allylic oxidation sites excluding steroid dienone is 2. The Hall–Kier alpha value is -1.58. The first-order valence-corrected chi connectivity index (χ1v) is 6.77. The van der Waals surface area contributed by atoms with Gasteiger partial charge >= 0.3 is 5.97 Å². The summed E-state index contributed by atoms with van der Waals surface area (Å²) >= 11 is 0. The molecule has 2 heterocycles. The Bertz CT molecular complexity index is 443. The number of hydrogen-bond acceptors (Lipinski definition) is 4. The van der Waals surface area contributed by atoms with Crippen LogP contribution >= 0.6 is 0 Å². The SMILES string of the molecule is CC(C)(C)OC(=O)/C=C/C1=CN2CCCC2CC1=O. The van der Waals surface area contributed by atoms with Gasteiger partial charge in [-0.25, -0.2) is 4.79 Å². The van der Waals surface area contributed by atoms with Crippen molar-refractivity contribution in [3.05, 3.63) is 23.9 Å². The Labute approximate surface area is 114 Å². The van der Waals surface area contributed by atoms with Gasteiger partial charge in [-0.2, -0.15) is 0 Å². The van der Waals surface area contributed by atoms with Gasteiger partial charge in [0.2, 0.25) is 0 Å². The van der Waals surface area contributed by atoms with E-state index in [2.05, 4.69) is 4.90 Å². The number of fused-ring (bicyclic) bond motifs is 1. The molecule has 4 heteroatoms. The lowest BCUT2D eigenvalue weighted by molar-refractivity contribution is -0.148. The second kappa shape index (κ2) is 5.19. The smallest absolute Gasteiger partial charge is 0.331 e. The van der Waals surface area contributed by atoms with E-state index >= 15 is 0 Å². The van der Waals surface area contributed by atoms with Crippen LogP contribution in [0.1, 0.15) is 40.0 Å². The van der Waals surface area contributed by atoms with Gasteiger partial charge < -0.3 is 9.64 Å². The highest BCUT2D eigenvalue weighted by Crippen LogP contribution is 2.27. The molecule has 1 atom stereocenters. The van der Waals surface area contributed by atoms with Crippen LogP contribution in [0.5, 0.6) is 0 Å². The Morgan fingerprint density at radius 2 is 2.21 bits per heavy atom. The molecule has 2 aliphatic rings. The monoisotopic (exact) mass is 263 g/mol. The molecule has 0 aliphatic carbocycles. The summed E-state index contributed by atoms with van der Waals surface area (Å²) in [6, 6.07) is 0.367. The molecule has 2 aliphatic heterocycles. The number of hydrogen-bond donors (Lipinski definition) is 0. The first-order chi connectivity index (χ1) is 8.85. The molecule has 104 valence electrons. The Morgan fingerprint density at radius 3 is 2.89 bits per heavy atom. The van der Waals surface area contributed by atoms with Crippen molar-refractivity contribution in [2.75, 3.05) is 6.54 Å². The lowest BCUT2D eigenvalue weighted by atomic mass is 9.99. The maximum atomic E-state index is 11.9. The van der Waals surface area contributed by atoms with Gasteiger partial charge in [-0.1, -0.05) is 0 Å². The number of ketones is 1. The van der Waals surface area contributed by atoms with Crippen molar-refractivity contribution in [2.45, 2.75) is 51.7 Å². The summed E-state index contributed by atoms with van der Waals surface area (Å²) in [5.41, 5.74) is 0.0934. The Morgan fingerprint density at radius 1 is 1.47 bits per heavy atom. The first kappa shape index (κ1) is 13.8. The molecule has 0 aromatic carbocycles. The van der Waals surface area contributed by atoms with Gasteiger partial charge in [-0.15, -0.1) is 0 Å². The topological polar surface area (TPSA) is 46.6 Å². The van der Waals surface area contributed by atoms with Crippen LogP contribution in [0.3, 0.4) is 0 Å². The number of carbonyl (C=O) groups excluding carboxylic acids is 2. The summed E-state index contributed by atoms with van der Waals surface area (Å²) in [4.78, 5) is 25.7. The van der Waals surface area contributed by atoms with Crippen LogP contribution < -0.4 is 0 Å². The Kier molecular flexibility index (Phi) is 3.78. The molecule has 0 spiro atoms. The predicted octanol–water partition coefficient (Wildman–Crippen LogP) is 2.21. The quantitative estimate of drug-likeness (QED) is 0.566. The van der Waals surface area contributed by atoms with E-state index in [-0.39, 0.29) is 5.78 Å². The van der Waals surface area contributed by atoms with E-state index in [9.17, 15) is 9.59 Å². The van der Waals surface area contributed by atoms with Crippen LogP contribution in [0.2, 0.25) is 0 Å². The first-order valence-electron chi connectivity index (χ1n) is 6.77. The van der Waals surface area contributed by atoms with E-state index in [0.29, 0.717) is 18.0 Å². The van der Waals surface area contributed by atoms with Gasteiger partial charge in [0, 0.05) is 36.9 Å². The van der Waals surface area contributed by atoms with Gasteiger partial charge in [-0.3, -0.25) is 4.79 Å². The zero-order valence-electron chi connectivity index (χ0n) is 11.8. The highest BCUT2D eigenvalue weighted by molar-refractivity contribution is 6.00. The van der Waals surface area contributed by atoms with Crippen LogP contribution in [0.15, 0.2) is 23.9 Å². The maximum absolute atomic E-state index is 11.9. The molecule has 1 saturated heterocycles. The number of esters is 1. The van der Waals surface area contributed by atoms with Crippen molar-refractivity contribution in [2.24, 2.45) is 0 Å². The third kappa shape index (κ3) is 3.69. The molecule has 1 fully saturated rings. The van der Waals surface area contributed by atoms with Crippen molar-refractivity contribution in [1.82, 2.24) is 4.90 Å². The van der Waals surface area contributed by atoms with Crippen LogP contribution in [0, 0.1) is 0 Å². The molecular weight excluding hydrogens is 242 g/mol. The summed E-state index contributed by atoms with van der Waals surface area (Å²) in [6.07, 6.45) is 7.58. The average Bonchev–Trinajstić information content (AvgIpc) is 2.70. The molecule has 4 nitrogen and oxygen atoms in total. The molecule has 0 aromatic heterocycles. The minimum absolute atomic E-state index is 0.114. The molecule has 1 unspecified atom stereocenters. The molecule has 0 N–H and O–H groups in total. The van der Waals surface area contributed by atoms with Crippen LogP contribution in [-0.2, 0) is 14.3 Å². The average molecular weight is 263 g/mol. The number of nitrogens with zero attached hydrogens (tertiary/aromatic N) is 1. The van der Waals surface area contributed by atoms with Crippen LogP contribution in [-0.4, -0.2) is 34.8 Å². The zero-order valence-corrected chi connectivity index (χ0v) is 11.8. The fourth-order valence-electron chi connectivity index (χ4n) is 2.46. The zero-order chi connectivity index (χ0) is 14.0. The van der Waals surface area contributed by atoms with E-state index in [1.54, 1.807) is 6.08 Å². The van der Waals surface area contributed by atoms with Gasteiger partial charge in [0.25, 0.3) is 0 Å². The molecule has 2 rings (SSSR count). The predicted molar refractivity (Wildman–Crippen MR) is 72.4 cm³/mol. The molecule has 0 saturated carbocycles. The van der Waals surface area contributed by atoms with Gasteiger partial charge in [-0.05, 0) is 39.7 Å². The van der Waals surface area contributed by atoms with E-state index < -0.39 is 11.6 Å². The molecule has 0 aromatic rings. The molecule has 19 heavy (non-hydrogen) atoms. The number of ether oxygens (including phenoxy) is 1. The second-order valence-corrected chi connectivity index (χ2v) is 6.11. The van der Waals surface area contributed by atoms with Gasteiger partial charge in [0.05, 0.1) is 0 Å². The van der Waals surface area contributed by atoms with E-state index in [4.69, 9.17) is 4.74 Å². The normalized spacial score (nSPS) is 23.5. The lowest BCUT2D eigenvalue weighted by Crippen LogP contribution is -2.32. The van der Waals surface area contributed by atoms with Crippen molar-refractivity contribution in [3.63, 3.8) is 0 Å². The highest BCUT2D eigenvalue weighted by atomic mass is 16.6. The second-order valence-electron chi connectivity index (χ2n) is 6.11. The maximum Gasteiger partial charge on any atom is 0.331 e. The highest BCUT2D eigenvalue weighted by Gasteiger charge is 2.29.